The number of aromatic nitrogens is 2. The summed E-state index contributed by atoms with van der Waals surface area (Å²) in [5.41, 5.74) is 6.85. The largest absolute Gasteiger partial charge is 0.367 e. The molecule has 0 aliphatic heterocycles. The number of benzene rings is 1. The highest BCUT2D eigenvalue weighted by atomic mass is 19.1. The maximum absolute atomic E-state index is 13.9. The van der Waals surface area contributed by atoms with Crippen molar-refractivity contribution in [3.05, 3.63) is 54.4 Å². The van der Waals surface area contributed by atoms with E-state index in [1.165, 1.54) is 18.3 Å². The minimum atomic E-state index is -0.524. The maximum atomic E-state index is 13.9. The van der Waals surface area contributed by atoms with Crippen molar-refractivity contribution in [1.82, 2.24) is 10.1 Å². The van der Waals surface area contributed by atoms with E-state index >= 15 is 0 Å². The maximum Gasteiger partial charge on any atom is 0.230 e. The summed E-state index contributed by atoms with van der Waals surface area (Å²) in [7, 11) is 0. The van der Waals surface area contributed by atoms with Crippen LogP contribution in [0.25, 0.3) is 22.4 Å². The van der Waals surface area contributed by atoms with Gasteiger partial charge in [-0.3, -0.25) is 4.98 Å². The molecule has 0 atom stereocenters. The van der Waals surface area contributed by atoms with Crippen molar-refractivity contribution in [3.8, 4) is 22.4 Å². The molecule has 0 bridgehead atoms. The monoisotopic (exact) mass is 273 g/mol. The standard InChI is InChI=1S/C14H9F2N3O/c15-9-5-8(6-18-7-9)13-12(14(17)20-19-13)10-3-1-2-4-11(10)16/h1-7H,17H2. The van der Waals surface area contributed by atoms with Crippen LogP contribution >= 0.6 is 0 Å². The van der Waals surface area contributed by atoms with Crippen LogP contribution in [-0.4, -0.2) is 10.1 Å². The van der Waals surface area contributed by atoms with Crippen molar-refractivity contribution in [2.24, 2.45) is 0 Å². The fourth-order valence-electron chi connectivity index (χ4n) is 1.97. The molecule has 3 rings (SSSR count). The number of hydrogen-bond acceptors (Lipinski definition) is 4. The molecule has 2 N–H and O–H groups in total. The molecule has 100 valence electrons. The van der Waals surface area contributed by atoms with E-state index in [9.17, 15) is 8.78 Å². The quantitative estimate of drug-likeness (QED) is 0.778. The molecule has 0 unspecified atom stereocenters. The second kappa shape index (κ2) is 4.73. The van der Waals surface area contributed by atoms with Crippen molar-refractivity contribution in [2.75, 3.05) is 5.73 Å². The van der Waals surface area contributed by atoms with Crippen LogP contribution in [0.1, 0.15) is 0 Å². The second-order valence-electron chi connectivity index (χ2n) is 4.14. The molecule has 6 heteroatoms. The number of halogens is 2. The summed E-state index contributed by atoms with van der Waals surface area (Å²) >= 11 is 0. The highest BCUT2D eigenvalue weighted by Crippen LogP contribution is 2.37. The number of nitrogen functional groups attached to an aromatic ring is 1. The first kappa shape index (κ1) is 12.3. The van der Waals surface area contributed by atoms with E-state index in [0.29, 0.717) is 5.56 Å². The van der Waals surface area contributed by atoms with Gasteiger partial charge in [-0.2, -0.15) is 0 Å². The average Bonchev–Trinajstić information content (AvgIpc) is 2.81. The number of hydrogen-bond donors (Lipinski definition) is 1. The van der Waals surface area contributed by atoms with Gasteiger partial charge in [0, 0.05) is 17.3 Å². The first-order chi connectivity index (χ1) is 9.66. The molecule has 3 aromatic rings. The molecule has 2 heterocycles. The zero-order valence-electron chi connectivity index (χ0n) is 10.2. The Morgan fingerprint density at radius 1 is 1.10 bits per heavy atom. The molecule has 0 aliphatic rings. The Bertz CT molecular complexity index is 771. The molecular weight excluding hydrogens is 264 g/mol. The molecule has 0 amide bonds. The summed E-state index contributed by atoms with van der Waals surface area (Å²) in [5, 5.41) is 3.77. The predicted octanol–water partition coefficient (Wildman–Crippen LogP) is 3.26. The first-order valence-electron chi connectivity index (χ1n) is 5.78. The number of rotatable bonds is 2. The van der Waals surface area contributed by atoms with E-state index in [1.807, 2.05) is 0 Å². The average molecular weight is 273 g/mol. The minimum Gasteiger partial charge on any atom is -0.367 e. The van der Waals surface area contributed by atoms with E-state index in [4.69, 9.17) is 10.3 Å². The summed E-state index contributed by atoms with van der Waals surface area (Å²) in [4.78, 5) is 3.74. The molecule has 0 saturated carbocycles. The van der Waals surface area contributed by atoms with Gasteiger partial charge < -0.3 is 10.3 Å². The smallest absolute Gasteiger partial charge is 0.230 e. The summed E-state index contributed by atoms with van der Waals surface area (Å²) in [6, 6.07) is 7.31. The lowest BCUT2D eigenvalue weighted by atomic mass is 10.0. The second-order valence-corrected chi connectivity index (χ2v) is 4.14. The third-order valence-corrected chi connectivity index (χ3v) is 2.84. The van der Waals surface area contributed by atoms with Gasteiger partial charge in [-0.15, -0.1) is 0 Å². The zero-order valence-corrected chi connectivity index (χ0v) is 10.2. The Kier molecular flexibility index (Phi) is 2.90. The Labute approximate surface area is 112 Å². The van der Waals surface area contributed by atoms with Crippen molar-refractivity contribution in [3.63, 3.8) is 0 Å². The fraction of sp³-hybridized carbons (Fsp3) is 0. The van der Waals surface area contributed by atoms with E-state index in [1.54, 1.807) is 18.2 Å². The van der Waals surface area contributed by atoms with Gasteiger partial charge in [0.25, 0.3) is 0 Å². The number of nitrogens with two attached hydrogens (primary N) is 1. The van der Waals surface area contributed by atoms with Gasteiger partial charge in [-0.1, -0.05) is 23.4 Å². The SMILES string of the molecule is Nc1onc(-c2cncc(F)c2)c1-c1ccccc1F. The van der Waals surface area contributed by atoms with Gasteiger partial charge in [-0.25, -0.2) is 8.78 Å². The van der Waals surface area contributed by atoms with Crippen molar-refractivity contribution in [2.45, 2.75) is 0 Å². The van der Waals surface area contributed by atoms with Gasteiger partial charge >= 0.3 is 0 Å². The molecular formula is C14H9F2N3O. The Morgan fingerprint density at radius 2 is 1.90 bits per heavy atom. The van der Waals surface area contributed by atoms with Crippen molar-refractivity contribution >= 4 is 5.88 Å². The van der Waals surface area contributed by atoms with E-state index in [2.05, 4.69) is 10.1 Å². The summed E-state index contributed by atoms with van der Waals surface area (Å²) in [6.07, 6.45) is 2.47. The summed E-state index contributed by atoms with van der Waals surface area (Å²) in [6.45, 7) is 0. The molecule has 0 radical (unpaired) electrons. The van der Waals surface area contributed by atoms with E-state index in [-0.39, 0.29) is 22.7 Å². The molecule has 0 spiro atoms. The van der Waals surface area contributed by atoms with Crippen LogP contribution < -0.4 is 5.73 Å². The zero-order chi connectivity index (χ0) is 14.1. The predicted molar refractivity (Wildman–Crippen MR) is 69.5 cm³/mol. The fourth-order valence-corrected chi connectivity index (χ4v) is 1.97. The van der Waals surface area contributed by atoms with Gasteiger partial charge in [0.2, 0.25) is 5.88 Å². The van der Waals surface area contributed by atoms with Crippen molar-refractivity contribution < 1.29 is 13.3 Å². The number of pyridine rings is 1. The molecule has 20 heavy (non-hydrogen) atoms. The van der Waals surface area contributed by atoms with Crippen LogP contribution in [0.5, 0.6) is 0 Å². The lowest BCUT2D eigenvalue weighted by Gasteiger charge is -2.03. The van der Waals surface area contributed by atoms with Gasteiger partial charge in [-0.05, 0) is 12.1 Å². The molecule has 0 aliphatic carbocycles. The Morgan fingerprint density at radius 3 is 2.65 bits per heavy atom. The van der Waals surface area contributed by atoms with Gasteiger partial charge in [0.1, 0.15) is 17.3 Å². The lowest BCUT2D eigenvalue weighted by molar-refractivity contribution is 0.439. The van der Waals surface area contributed by atoms with Crippen LogP contribution in [0.3, 0.4) is 0 Å². The Balaban J connectivity index is 2.23. The first-order valence-corrected chi connectivity index (χ1v) is 5.78. The van der Waals surface area contributed by atoms with Crippen LogP contribution in [-0.2, 0) is 0 Å². The number of anilines is 1. The van der Waals surface area contributed by atoms with Crippen LogP contribution in [0.4, 0.5) is 14.7 Å². The van der Waals surface area contributed by atoms with Gasteiger partial charge in [0.05, 0.1) is 11.8 Å². The van der Waals surface area contributed by atoms with Crippen LogP contribution in [0.2, 0.25) is 0 Å². The van der Waals surface area contributed by atoms with Gasteiger partial charge in [0.15, 0.2) is 0 Å². The van der Waals surface area contributed by atoms with Crippen molar-refractivity contribution in [1.29, 1.82) is 0 Å². The van der Waals surface area contributed by atoms with E-state index < -0.39 is 11.6 Å². The highest BCUT2D eigenvalue weighted by Gasteiger charge is 2.20. The van der Waals surface area contributed by atoms with Crippen LogP contribution in [0, 0.1) is 11.6 Å². The summed E-state index contributed by atoms with van der Waals surface area (Å²) in [5.74, 6) is -1.02. The third-order valence-electron chi connectivity index (χ3n) is 2.84. The molecule has 2 aromatic heterocycles. The van der Waals surface area contributed by atoms with Crippen LogP contribution in [0.15, 0.2) is 47.2 Å². The van der Waals surface area contributed by atoms with E-state index in [0.717, 1.165) is 6.20 Å². The summed E-state index contributed by atoms with van der Waals surface area (Å²) < 4.78 is 32.1. The topological polar surface area (TPSA) is 64.9 Å². The number of nitrogens with zero attached hydrogens (tertiary/aromatic N) is 2. The highest BCUT2D eigenvalue weighted by molar-refractivity contribution is 5.86. The molecule has 0 saturated heterocycles. The third kappa shape index (κ3) is 2.01. The minimum absolute atomic E-state index is 0.0330. The Hall–Kier alpha value is -2.76. The molecule has 1 aromatic carbocycles. The normalized spacial score (nSPS) is 10.7. The lowest BCUT2D eigenvalue weighted by Crippen LogP contribution is -1.91. The molecule has 0 fully saturated rings. The molecule has 4 nitrogen and oxygen atoms in total.